The average Bonchev–Trinajstić information content (AvgIpc) is 3.73. The highest BCUT2D eigenvalue weighted by atomic mass is 32.1. The fourth-order valence-electron chi connectivity index (χ4n) is 6.65. The largest absolute Gasteiger partial charge is 0.452 e. The minimum absolute atomic E-state index is 0.637. The Morgan fingerprint density at radius 2 is 1.30 bits per heavy atom. The van der Waals surface area contributed by atoms with Crippen molar-refractivity contribution in [1.82, 2.24) is 14.5 Å². The Balaban J connectivity index is 1.40. The molecular formula is C38H21N3OS. The van der Waals surface area contributed by atoms with Crippen LogP contribution in [0, 0.1) is 0 Å². The predicted octanol–water partition coefficient (Wildman–Crippen LogP) is 10.7. The normalized spacial score (nSPS) is 12.2. The van der Waals surface area contributed by atoms with Gasteiger partial charge in [0.15, 0.2) is 5.58 Å². The highest BCUT2D eigenvalue weighted by Crippen LogP contribution is 2.43. The predicted molar refractivity (Wildman–Crippen MR) is 179 cm³/mol. The van der Waals surface area contributed by atoms with E-state index in [-0.39, 0.29) is 0 Å². The molecule has 10 aromatic rings. The zero-order chi connectivity index (χ0) is 28.1. The van der Waals surface area contributed by atoms with Gasteiger partial charge < -0.3 is 4.42 Å². The molecule has 4 heterocycles. The van der Waals surface area contributed by atoms with Crippen LogP contribution in [0.4, 0.5) is 0 Å². The summed E-state index contributed by atoms with van der Waals surface area (Å²) >= 11 is 1.83. The highest BCUT2D eigenvalue weighted by Gasteiger charge is 2.23. The van der Waals surface area contributed by atoms with Gasteiger partial charge in [0.2, 0.25) is 5.95 Å². The Morgan fingerprint density at radius 3 is 2.19 bits per heavy atom. The Bertz CT molecular complexity index is 2730. The van der Waals surface area contributed by atoms with E-state index in [1.54, 1.807) is 0 Å². The minimum atomic E-state index is 0.637. The van der Waals surface area contributed by atoms with Gasteiger partial charge in [0.05, 0.1) is 15.7 Å². The first-order valence-electron chi connectivity index (χ1n) is 14.3. The van der Waals surface area contributed by atoms with E-state index in [1.807, 2.05) is 29.5 Å². The molecule has 0 atom stereocenters. The fraction of sp³-hybridized carbons (Fsp3) is 0. The molecule has 4 nitrogen and oxygen atoms in total. The van der Waals surface area contributed by atoms with Crippen molar-refractivity contribution in [1.29, 1.82) is 0 Å². The summed E-state index contributed by atoms with van der Waals surface area (Å²) in [7, 11) is 0. The molecule has 0 amide bonds. The van der Waals surface area contributed by atoms with Crippen LogP contribution in [0.1, 0.15) is 0 Å². The molecule has 43 heavy (non-hydrogen) atoms. The third-order valence-electron chi connectivity index (χ3n) is 8.60. The summed E-state index contributed by atoms with van der Waals surface area (Å²) in [4.78, 5) is 10.6. The number of furan rings is 1. The average molecular weight is 568 g/mol. The van der Waals surface area contributed by atoms with Gasteiger partial charge in [0, 0.05) is 37.2 Å². The van der Waals surface area contributed by atoms with Gasteiger partial charge in [0.25, 0.3) is 0 Å². The van der Waals surface area contributed by atoms with E-state index in [1.165, 1.54) is 30.9 Å². The smallest absolute Gasteiger partial charge is 0.236 e. The number of aromatic nitrogens is 3. The quantitative estimate of drug-likeness (QED) is 0.209. The van der Waals surface area contributed by atoms with Crippen LogP contribution in [0.25, 0.3) is 92.0 Å². The van der Waals surface area contributed by atoms with Crippen molar-refractivity contribution in [3.63, 3.8) is 0 Å². The van der Waals surface area contributed by atoms with Crippen molar-refractivity contribution in [2.75, 3.05) is 0 Å². The molecule has 6 aromatic carbocycles. The van der Waals surface area contributed by atoms with Crippen LogP contribution < -0.4 is 0 Å². The second-order valence-corrected chi connectivity index (χ2v) is 12.1. The zero-order valence-electron chi connectivity index (χ0n) is 22.8. The van der Waals surface area contributed by atoms with Crippen molar-refractivity contribution in [2.24, 2.45) is 0 Å². The number of hydrogen-bond acceptors (Lipinski definition) is 4. The third-order valence-corrected chi connectivity index (χ3v) is 9.79. The summed E-state index contributed by atoms with van der Waals surface area (Å²) in [6.07, 6.45) is 0. The van der Waals surface area contributed by atoms with E-state index in [2.05, 4.69) is 114 Å². The van der Waals surface area contributed by atoms with E-state index in [0.717, 1.165) is 49.5 Å². The Labute approximate surface area is 249 Å². The summed E-state index contributed by atoms with van der Waals surface area (Å²) in [6, 6.07) is 44.7. The van der Waals surface area contributed by atoms with E-state index in [9.17, 15) is 0 Å². The van der Waals surface area contributed by atoms with Crippen molar-refractivity contribution in [2.45, 2.75) is 0 Å². The molecule has 0 saturated heterocycles. The van der Waals surface area contributed by atoms with Crippen LogP contribution in [0.5, 0.6) is 0 Å². The Morgan fingerprint density at radius 1 is 0.581 bits per heavy atom. The van der Waals surface area contributed by atoms with Gasteiger partial charge in [-0.15, -0.1) is 11.3 Å². The molecule has 4 aromatic heterocycles. The fourth-order valence-corrected chi connectivity index (χ4v) is 7.89. The van der Waals surface area contributed by atoms with Crippen molar-refractivity contribution in [3.8, 4) is 17.2 Å². The zero-order valence-corrected chi connectivity index (χ0v) is 23.6. The number of nitrogens with zero attached hydrogens (tertiary/aromatic N) is 3. The van der Waals surface area contributed by atoms with Crippen LogP contribution in [-0.2, 0) is 0 Å². The van der Waals surface area contributed by atoms with E-state index in [4.69, 9.17) is 14.4 Å². The van der Waals surface area contributed by atoms with Crippen LogP contribution in [-0.4, -0.2) is 14.5 Å². The van der Waals surface area contributed by atoms with Crippen molar-refractivity contribution < 1.29 is 4.42 Å². The highest BCUT2D eigenvalue weighted by molar-refractivity contribution is 7.26. The summed E-state index contributed by atoms with van der Waals surface area (Å²) < 4.78 is 11.3. The van der Waals surface area contributed by atoms with Gasteiger partial charge in [-0.05, 0) is 35.0 Å². The van der Waals surface area contributed by atoms with E-state index < -0.39 is 0 Å². The molecule has 0 bridgehead atoms. The third kappa shape index (κ3) is 3.20. The van der Waals surface area contributed by atoms with E-state index in [0.29, 0.717) is 11.5 Å². The standard InChI is InChI=1S/C38H21N3OS/c1-2-10-22(11-3-1)33-36-34(29-20-23-12-4-5-13-24(23)21-31(29)42-36)40-38(39-33)41-30-16-8-6-14-25(30)27-18-19-28-26-15-7-9-17-32(26)43-37(28)35(27)41/h1-21H. The number of rotatable bonds is 2. The summed E-state index contributed by atoms with van der Waals surface area (Å²) in [5.41, 5.74) is 6.33. The number of benzene rings is 6. The number of hydrogen-bond donors (Lipinski definition) is 0. The van der Waals surface area contributed by atoms with E-state index >= 15 is 0 Å². The number of fused-ring (bicyclic) bond motifs is 11. The monoisotopic (exact) mass is 567 g/mol. The molecule has 10 rings (SSSR count). The number of para-hydroxylation sites is 1. The first kappa shape index (κ1) is 23.1. The van der Waals surface area contributed by atoms with Gasteiger partial charge in [-0.3, -0.25) is 4.57 Å². The molecule has 0 spiro atoms. The number of thiophene rings is 1. The van der Waals surface area contributed by atoms with Gasteiger partial charge in [-0.2, -0.15) is 0 Å². The van der Waals surface area contributed by atoms with Crippen LogP contribution >= 0.6 is 11.3 Å². The molecule has 200 valence electrons. The molecule has 0 aliphatic carbocycles. The molecule has 0 fully saturated rings. The molecule has 0 radical (unpaired) electrons. The molecule has 0 aliphatic rings. The van der Waals surface area contributed by atoms with Crippen LogP contribution in [0.3, 0.4) is 0 Å². The molecule has 0 unspecified atom stereocenters. The van der Waals surface area contributed by atoms with Crippen molar-refractivity contribution in [3.05, 3.63) is 127 Å². The SMILES string of the molecule is c1ccc(-c2nc(-n3c4ccccc4c4ccc5c6ccccc6sc5c43)nc3c2oc2cc4ccccc4cc23)cc1. The lowest BCUT2D eigenvalue weighted by atomic mass is 10.1. The maximum atomic E-state index is 6.57. The van der Waals surface area contributed by atoms with Crippen molar-refractivity contribution >= 4 is 86.2 Å². The second-order valence-electron chi connectivity index (χ2n) is 11.0. The first-order chi connectivity index (χ1) is 21.3. The molecular weight excluding hydrogens is 547 g/mol. The van der Waals surface area contributed by atoms with Crippen LogP contribution in [0.15, 0.2) is 132 Å². The van der Waals surface area contributed by atoms with Gasteiger partial charge in [0.1, 0.15) is 16.8 Å². The summed E-state index contributed by atoms with van der Waals surface area (Å²) in [5.74, 6) is 0.637. The molecule has 0 aliphatic heterocycles. The van der Waals surface area contributed by atoms with Crippen LogP contribution in [0.2, 0.25) is 0 Å². The maximum absolute atomic E-state index is 6.57. The minimum Gasteiger partial charge on any atom is -0.452 e. The lowest BCUT2D eigenvalue weighted by molar-refractivity contribution is 0.667. The Kier molecular flexibility index (Phi) is 4.57. The molecule has 5 heteroatoms. The van der Waals surface area contributed by atoms with Gasteiger partial charge in [-0.25, -0.2) is 9.97 Å². The molecule has 0 saturated carbocycles. The topological polar surface area (TPSA) is 43.9 Å². The summed E-state index contributed by atoms with van der Waals surface area (Å²) in [6.45, 7) is 0. The first-order valence-corrected chi connectivity index (χ1v) is 15.2. The second kappa shape index (κ2) is 8.51. The van der Waals surface area contributed by atoms with Gasteiger partial charge >= 0.3 is 0 Å². The van der Waals surface area contributed by atoms with Gasteiger partial charge in [-0.1, -0.05) is 103 Å². The lowest BCUT2D eigenvalue weighted by Gasteiger charge is -2.10. The lowest BCUT2D eigenvalue weighted by Crippen LogP contribution is -2.03. The Hall–Kier alpha value is -5.52. The summed E-state index contributed by atoms with van der Waals surface area (Å²) in [5, 5.41) is 8.19. The maximum Gasteiger partial charge on any atom is 0.236 e. The molecule has 0 N–H and O–H groups in total.